The SMILES string of the molecule is O=C(NC1CCN(Cc2ccccc2)C1)c1ccc(N2CCc3ccccc3C2)cc1. The summed E-state index contributed by atoms with van der Waals surface area (Å²) in [5.74, 6) is 0.0297. The zero-order valence-corrected chi connectivity index (χ0v) is 17.8. The normalized spacial score (nSPS) is 18.6. The number of nitrogens with zero attached hydrogens (tertiary/aromatic N) is 2. The number of likely N-dealkylation sites (tertiary alicyclic amines) is 1. The first-order valence-corrected chi connectivity index (χ1v) is 11.2. The first kappa shape index (κ1) is 19.8. The van der Waals surface area contributed by atoms with Crippen LogP contribution in [0, 0.1) is 0 Å². The summed E-state index contributed by atoms with van der Waals surface area (Å²) in [7, 11) is 0. The monoisotopic (exact) mass is 411 g/mol. The minimum Gasteiger partial charge on any atom is -0.367 e. The molecule has 2 aliphatic rings. The number of rotatable bonds is 5. The van der Waals surface area contributed by atoms with Gasteiger partial charge in [0.2, 0.25) is 0 Å². The molecule has 1 saturated heterocycles. The average Bonchev–Trinajstić information content (AvgIpc) is 3.26. The molecule has 1 atom stereocenters. The van der Waals surface area contributed by atoms with Crippen LogP contribution in [0.3, 0.4) is 0 Å². The molecule has 2 aliphatic heterocycles. The van der Waals surface area contributed by atoms with Gasteiger partial charge in [0.25, 0.3) is 5.91 Å². The van der Waals surface area contributed by atoms with Crippen molar-refractivity contribution in [3.05, 3.63) is 101 Å². The van der Waals surface area contributed by atoms with Gasteiger partial charge < -0.3 is 10.2 Å². The van der Waals surface area contributed by atoms with E-state index in [1.807, 2.05) is 18.2 Å². The minimum absolute atomic E-state index is 0.0297. The molecule has 0 radical (unpaired) electrons. The molecule has 158 valence electrons. The van der Waals surface area contributed by atoms with Crippen LogP contribution in [0.4, 0.5) is 5.69 Å². The maximum Gasteiger partial charge on any atom is 0.251 e. The molecule has 1 amide bonds. The smallest absolute Gasteiger partial charge is 0.251 e. The summed E-state index contributed by atoms with van der Waals surface area (Å²) in [6, 6.07) is 27.5. The number of carbonyl (C=O) groups excluding carboxylic acids is 1. The van der Waals surface area contributed by atoms with Gasteiger partial charge in [-0.25, -0.2) is 0 Å². The van der Waals surface area contributed by atoms with Crippen LogP contribution in [0.2, 0.25) is 0 Å². The van der Waals surface area contributed by atoms with E-state index in [2.05, 4.69) is 75.8 Å². The van der Waals surface area contributed by atoms with Crippen molar-refractivity contribution in [3.63, 3.8) is 0 Å². The lowest BCUT2D eigenvalue weighted by molar-refractivity contribution is 0.0937. The summed E-state index contributed by atoms with van der Waals surface area (Å²) in [5.41, 5.74) is 6.10. The Morgan fingerprint density at radius 1 is 0.871 bits per heavy atom. The molecule has 0 aromatic heterocycles. The van der Waals surface area contributed by atoms with Crippen LogP contribution >= 0.6 is 0 Å². The first-order valence-electron chi connectivity index (χ1n) is 11.2. The van der Waals surface area contributed by atoms with Gasteiger partial charge in [-0.05, 0) is 53.8 Å². The molecule has 4 nitrogen and oxygen atoms in total. The van der Waals surface area contributed by atoms with E-state index in [4.69, 9.17) is 0 Å². The van der Waals surface area contributed by atoms with Crippen LogP contribution < -0.4 is 10.2 Å². The van der Waals surface area contributed by atoms with Gasteiger partial charge in [-0.1, -0.05) is 54.6 Å². The van der Waals surface area contributed by atoms with E-state index < -0.39 is 0 Å². The maximum atomic E-state index is 12.8. The van der Waals surface area contributed by atoms with Crippen LogP contribution in [0.1, 0.15) is 33.5 Å². The highest BCUT2D eigenvalue weighted by Gasteiger charge is 2.24. The second kappa shape index (κ2) is 8.94. The third kappa shape index (κ3) is 4.64. The Morgan fingerprint density at radius 3 is 2.42 bits per heavy atom. The summed E-state index contributed by atoms with van der Waals surface area (Å²) in [4.78, 5) is 17.6. The summed E-state index contributed by atoms with van der Waals surface area (Å²) in [6.45, 7) is 4.82. The lowest BCUT2D eigenvalue weighted by Gasteiger charge is -2.30. The number of nitrogens with one attached hydrogen (secondary N) is 1. The second-order valence-corrected chi connectivity index (χ2v) is 8.67. The Labute approximate surface area is 184 Å². The summed E-state index contributed by atoms with van der Waals surface area (Å²) in [6.07, 6.45) is 2.07. The van der Waals surface area contributed by atoms with Crippen molar-refractivity contribution >= 4 is 11.6 Å². The average molecular weight is 412 g/mol. The predicted octanol–water partition coefficient (Wildman–Crippen LogP) is 4.25. The molecular formula is C27H29N3O. The van der Waals surface area contributed by atoms with Gasteiger partial charge in [-0.15, -0.1) is 0 Å². The minimum atomic E-state index is 0.0297. The lowest BCUT2D eigenvalue weighted by Crippen LogP contribution is -2.37. The molecule has 3 aromatic rings. The highest BCUT2D eigenvalue weighted by atomic mass is 16.1. The van der Waals surface area contributed by atoms with E-state index >= 15 is 0 Å². The molecule has 2 heterocycles. The number of fused-ring (bicyclic) bond motifs is 1. The molecule has 0 spiro atoms. The number of hydrogen-bond donors (Lipinski definition) is 1. The van der Waals surface area contributed by atoms with Crippen LogP contribution in [0.25, 0.3) is 0 Å². The van der Waals surface area contributed by atoms with Gasteiger partial charge in [0.05, 0.1) is 0 Å². The molecule has 1 unspecified atom stereocenters. The van der Waals surface area contributed by atoms with Crippen molar-refractivity contribution in [2.24, 2.45) is 0 Å². The van der Waals surface area contributed by atoms with Gasteiger partial charge in [0.15, 0.2) is 0 Å². The van der Waals surface area contributed by atoms with Crippen molar-refractivity contribution < 1.29 is 4.79 Å². The van der Waals surface area contributed by atoms with Crippen molar-refractivity contribution in [1.82, 2.24) is 10.2 Å². The molecule has 5 rings (SSSR count). The summed E-state index contributed by atoms with van der Waals surface area (Å²) < 4.78 is 0. The first-order chi connectivity index (χ1) is 15.2. The maximum absolute atomic E-state index is 12.8. The van der Waals surface area contributed by atoms with Gasteiger partial charge in [-0.3, -0.25) is 9.69 Å². The van der Waals surface area contributed by atoms with Crippen molar-refractivity contribution in [2.75, 3.05) is 24.5 Å². The summed E-state index contributed by atoms with van der Waals surface area (Å²) >= 11 is 0. The fourth-order valence-corrected chi connectivity index (χ4v) is 4.74. The third-order valence-electron chi connectivity index (χ3n) is 6.48. The number of carbonyl (C=O) groups is 1. The topological polar surface area (TPSA) is 35.6 Å². The molecule has 4 heteroatoms. The predicted molar refractivity (Wildman–Crippen MR) is 125 cm³/mol. The molecule has 31 heavy (non-hydrogen) atoms. The van der Waals surface area contributed by atoms with Crippen LogP contribution in [0.5, 0.6) is 0 Å². The van der Waals surface area contributed by atoms with E-state index in [0.717, 1.165) is 51.1 Å². The molecule has 3 aromatic carbocycles. The van der Waals surface area contributed by atoms with Crippen molar-refractivity contribution in [1.29, 1.82) is 0 Å². The Balaban J connectivity index is 1.16. The Bertz CT molecular complexity index is 1030. The third-order valence-corrected chi connectivity index (χ3v) is 6.48. The number of amides is 1. The fraction of sp³-hybridized carbons (Fsp3) is 0.296. The quantitative estimate of drug-likeness (QED) is 0.682. The van der Waals surface area contributed by atoms with Crippen LogP contribution in [0.15, 0.2) is 78.9 Å². The fourth-order valence-electron chi connectivity index (χ4n) is 4.74. The molecule has 0 bridgehead atoms. The van der Waals surface area contributed by atoms with E-state index in [1.54, 1.807) is 0 Å². The number of benzene rings is 3. The number of hydrogen-bond acceptors (Lipinski definition) is 3. The second-order valence-electron chi connectivity index (χ2n) is 8.67. The number of anilines is 1. The van der Waals surface area contributed by atoms with Gasteiger partial charge in [0, 0.05) is 50.0 Å². The molecule has 0 saturated carbocycles. The van der Waals surface area contributed by atoms with E-state index in [1.165, 1.54) is 22.4 Å². The summed E-state index contributed by atoms with van der Waals surface area (Å²) in [5, 5.41) is 3.23. The largest absolute Gasteiger partial charge is 0.367 e. The lowest BCUT2D eigenvalue weighted by atomic mass is 9.99. The van der Waals surface area contributed by atoms with Crippen molar-refractivity contribution in [3.8, 4) is 0 Å². The molecule has 1 N–H and O–H groups in total. The standard InChI is InChI=1S/C27H29N3O/c31-27(28-25-15-16-29(20-25)18-21-6-2-1-3-7-21)23-10-12-26(13-11-23)30-17-14-22-8-4-5-9-24(22)19-30/h1-13,25H,14-20H2,(H,28,31). The van der Waals surface area contributed by atoms with Crippen molar-refractivity contribution in [2.45, 2.75) is 32.0 Å². The van der Waals surface area contributed by atoms with E-state index in [0.29, 0.717) is 0 Å². The molecule has 1 fully saturated rings. The van der Waals surface area contributed by atoms with Gasteiger partial charge in [-0.2, -0.15) is 0 Å². The zero-order valence-electron chi connectivity index (χ0n) is 17.8. The molecule has 0 aliphatic carbocycles. The van der Waals surface area contributed by atoms with Crippen LogP contribution in [-0.4, -0.2) is 36.5 Å². The van der Waals surface area contributed by atoms with E-state index in [-0.39, 0.29) is 11.9 Å². The Hall–Kier alpha value is -3.11. The highest BCUT2D eigenvalue weighted by molar-refractivity contribution is 5.94. The Morgan fingerprint density at radius 2 is 1.61 bits per heavy atom. The highest BCUT2D eigenvalue weighted by Crippen LogP contribution is 2.24. The zero-order chi connectivity index (χ0) is 21.0. The molecular weight excluding hydrogens is 382 g/mol. The van der Waals surface area contributed by atoms with E-state index in [9.17, 15) is 4.79 Å². The van der Waals surface area contributed by atoms with Crippen LogP contribution in [-0.2, 0) is 19.5 Å². The van der Waals surface area contributed by atoms with Gasteiger partial charge in [0.1, 0.15) is 0 Å². The van der Waals surface area contributed by atoms with Gasteiger partial charge >= 0.3 is 0 Å². The Kier molecular flexibility index (Phi) is 5.72.